The van der Waals surface area contributed by atoms with Crippen LogP contribution in [0.2, 0.25) is 0 Å². The number of hydrogen-bond acceptors (Lipinski definition) is 4. The van der Waals surface area contributed by atoms with Crippen molar-refractivity contribution in [1.82, 2.24) is 9.88 Å². The van der Waals surface area contributed by atoms with Gasteiger partial charge in [-0.05, 0) is 32.9 Å². The van der Waals surface area contributed by atoms with E-state index < -0.39 is 0 Å². The van der Waals surface area contributed by atoms with Gasteiger partial charge in [0.1, 0.15) is 18.5 Å². The van der Waals surface area contributed by atoms with Crippen molar-refractivity contribution < 1.29 is 9.53 Å². The van der Waals surface area contributed by atoms with E-state index in [0.29, 0.717) is 12.4 Å². The Labute approximate surface area is 107 Å². The van der Waals surface area contributed by atoms with Crippen molar-refractivity contribution in [2.75, 3.05) is 18.9 Å². The molecule has 0 spiro atoms. The van der Waals surface area contributed by atoms with Crippen molar-refractivity contribution in [3.63, 3.8) is 0 Å². The van der Waals surface area contributed by atoms with E-state index in [1.54, 1.807) is 6.07 Å². The molecule has 2 heterocycles. The quantitative estimate of drug-likeness (QED) is 0.816. The maximum atomic E-state index is 11.8. The minimum absolute atomic E-state index is 0.0163. The van der Waals surface area contributed by atoms with E-state index in [0.717, 1.165) is 5.69 Å². The lowest BCUT2D eigenvalue weighted by atomic mass is 10.0. The Balaban J connectivity index is 2.20. The summed E-state index contributed by atoms with van der Waals surface area (Å²) in [7, 11) is 0. The average molecular weight is 249 g/mol. The molecule has 1 fully saturated rings. The van der Waals surface area contributed by atoms with Crippen LogP contribution in [0.4, 0.5) is 5.82 Å². The summed E-state index contributed by atoms with van der Waals surface area (Å²) >= 11 is 0. The van der Waals surface area contributed by atoms with Gasteiger partial charge in [0.2, 0.25) is 5.91 Å². The Hall–Kier alpha value is -1.62. The number of carbonyl (C=O) groups is 1. The van der Waals surface area contributed by atoms with E-state index in [-0.39, 0.29) is 24.2 Å². The molecule has 5 heteroatoms. The number of nitrogen functional groups attached to an aromatic ring is 1. The predicted molar refractivity (Wildman–Crippen MR) is 68.8 cm³/mol. The fraction of sp³-hybridized carbons (Fsp3) is 0.538. The molecule has 1 unspecified atom stereocenters. The van der Waals surface area contributed by atoms with E-state index in [1.807, 2.05) is 37.8 Å². The van der Waals surface area contributed by atoms with Gasteiger partial charge in [0.25, 0.3) is 0 Å². The minimum Gasteiger partial charge on any atom is -0.384 e. The van der Waals surface area contributed by atoms with Crippen molar-refractivity contribution in [3.8, 4) is 0 Å². The van der Waals surface area contributed by atoms with Crippen molar-refractivity contribution in [1.29, 1.82) is 0 Å². The molecule has 18 heavy (non-hydrogen) atoms. The molecule has 1 amide bonds. The highest BCUT2D eigenvalue weighted by Crippen LogP contribution is 2.26. The fourth-order valence-electron chi connectivity index (χ4n) is 2.05. The Bertz CT molecular complexity index is 454. The number of anilines is 1. The molecule has 1 aliphatic rings. The summed E-state index contributed by atoms with van der Waals surface area (Å²) in [5.74, 6) is 0.484. The highest BCUT2D eigenvalue weighted by atomic mass is 16.5. The topological polar surface area (TPSA) is 68.4 Å². The number of nitrogens with zero attached hydrogens (tertiary/aromatic N) is 2. The lowest BCUT2D eigenvalue weighted by Crippen LogP contribution is -2.52. The zero-order valence-electron chi connectivity index (χ0n) is 11.0. The molecule has 0 radical (unpaired) electrons. The molecule has 1 aliphatic heterocycles. The average Bonchev–Trinajstić information content (AvgIpc) is 2.28. The first-order valence-electron chi connectivity index (χ1n) is 6.02. The van der Waals surface area contributed by atoms with Gasteiger partial charge < -0.3 is 15.4 Å². The predicted octanol–water partition coefficient (Wildman–Crippen LogP) is 1.36. The molecule has 1 aromatic rings. The van der Waals surface area contributed by atoms with Gasteiger partial charge in [0.05, 0.1) is 12.2 Å². The summed E-state index contributed by atoms with van der Waals surface area (Å²) in [6.07, 6.45) is -0.203. The van der Waals surface area contributed by atoms with Crippen LogP contribution in [0.5, 0.6) is 0 Å². The minimum atomic E-state index is -0.209. The SMILES string of the molecule is CC(C)(C)N1CC(c2cccc(N)n2)OCC1=O. The van der Waals surface area contributed by atoms with E-state index >= 15 is 0 Å². The number of rotatable bonds is 1. The highest BCUT2D eigenvalue weighted by Gasteiger charge is 2.34. The Morgan fingerprint density at radius 3 is 2.78 bits per heavy atom. The largest absolute Gasteiger partial charge is 0.384 e. The van der Waals surface area contributed by atoms with Crippen LogP contribution in [0.25, 0.3) is 0 Å². The van der Waals surface area contributed by atoms with Gasteiger partial charge >= 0.3 is 0 Å². The molecular weight excluding hydrogens is 230 g/mol. The van der Waals surface area contributed by atoms with Crippen LogP contribution in [0.3, 0.4) is 0 Å². The van der Waals surface area contributed by atoms with Crippen LogP contribution in [-0.2, 0) is 9.53 Å². The molecule has 0 aromatic carbocycles. The molecule has 98 valence electrons. The van der Waals surface area contributed by atoms with Crippen LogP contribution < -0.4 is 5.73 Å². The second-order valence-corrected chi connectivity index (χ2v) is 5.46. The lowest BCUT2D eigenvalue weighted by Gasteiger charge is -2.41. The lowest BCUT2D eigenvalue weighted by molar-refractivity contribution is -0.156. The smallest absolute Gasteiger partial charge is 0.249 e. The normalized spacial score (nSPS) is 21.2. The number of pyridine rings is 1. The summed E-state index contributed by atoms with van der Waals surface area (Å²) in [6.45, 7) is 6.65. The van der Waals surface area contributed by atoms with Crippen LogP contribution >= 0.6 is 0 Å². The Morgan fingerprint density at radius 2 is 2.17 bits per heavy atom. The highest BCUT2D eigenvalue weighted by molar-refractivity contribution is 5.79. The van der Waals surface area contributed by atoms with E-state index in [1.165, 1.54) is 0 Å². The third-order valence-corrected chi connectivity index (χ3v) is 2.99. The van der Waals surface area contributed by atoms with Gasteiger partial charge in [-0.25, -0.2) is 4.98 Å². The number of morpholine rings is 1. The van der Waals surface area contributed by atoms with Gasteiger partial charge in [-0.1, -0.05) is 6.07 Å². The first-order chi connectivity index (χ1) is 8.38. The standard InChI is InChI=1S/C13H19N3O2/c1-13(2,3)16-7-10(18-8-12(16)17)9-5-4-6-11(14)15-9/h4-6,10H,7-8H2,1-3H3,(H2,14,15). The molecule has 1 atom stereocenters. The molecule has 0 bridgehead atoms. The first-order valence-corrected chi connectivity index (χ1v) is 6.02. The summed E-state index contributed by atoms with van der Waals surface area (Å²) < 4.78 is 5.55. The first kappa shape index (κ1) is 12.8. The van der Waals surface area contributed by atoms with E-state index in [9.17, 15) is 4.79 Å². The second kappa shape index (κ2) is 4.57. The van der Waals surface area contributed by atoms with Gasteiger partial charge in [-0.15, -0.1) is 0 Å². The summed E-state index contributed by atoms with van der Waals surface area (Å²) in [5, 5.41) is 0. The van der Waals surface area contributed by atoms with Crippen LogP contribution in [0.1, 0.15) is 32.6 Å². The maximum absolute atomic E-state index is 11.8. The molecule has 5 nitrogen and oxygen atoms in total. The second-order valence-electron chi connectivity index (χ2n) is 5.46. The Morgan fingerprint density at radius 1 is 1.44 bits per heavy atom. The fourth-order valence-corrected chi connectivity index (χ4v) is 2.05. The number of carbonyl (C=O) groups excluding carboxylic acids is 1. The van der Waals surface area contributed by atoms with Crippen LogP contribution in [-0.4, -0.2) is 34.5 Å². The molecule has 0 aliphatic carbocycles. The van der Waals surface area contributed by atoms with Crippen LogP contribution in [0.15, 0.2) is 18.2 Å². The number of aromatic nitrogens is 1. The number of hydrogen-bond donors (Lipinski definition) is 1. The monoisotopic (exact) mass is 249 g/mol. The summed E-state index contributed by atoms with van der Waals surface area (Å²) in [5.41, 5.74) is 6.23. The molecule has 2 N–H and O–H groups in total. The maximum Gasteiger partial charge on any atom is 0.249 e. The third-order valence-electron chi connectivity index (χ3n) is 2.99. The summed E-state index contributed by atoms with van der Waals surface area (Å²) in [6, 6.07) is 5.45. The van der Waals surface area contributed by atoms with Gasteiger partial charge in [0.15, 0.2) is 0 Å². The molecule has 2 rings (SSSR count). The zero-order valence-corrected chi connectivity index (χ0v) is 11.0. The number of nitrogens with two attached hydrogens (primary N) is 1. The van der Waals surface area contributed by atoms with E-state index in [2.05, 4.69) is 4.98 Å². The van der Waals surface area contributed by atoms with E-state index in [4.69, 9.17) is 10.5 Å². The van der Waals surface area contributed by atoms with Crippen molar-refractivity contribution in [3.05, 3.63) is 23.9 Å². The number of amides is 1. The third kappa shape index (κ3) is 2.61. The van der Waals surface area contributed by atoms with Crippen molar-refractivity contribution in [2.24, 2.45) is 0 Å². The zero-order chi connectivity index (χ0) is 13.3. The van der Waals surface area contributed by atoms with Gasteiger partial charge in [-0.3, -0.25) is 4.79 Å². The molecule has 1 aromatic heterocycles. The number of ether oxygens (including phenoxy) is 1. The molecular formula is C13H19N3O2. The van der Waals surface area contributed by atoms with Crippen LogP contribution in [0, 0.1) is 0 Å². The van der Waals surface area contributed by atoms with Crippen molar-refractivity contribution >= 4 is 11.7 Å². The molecule has 1 saturated heterocycles. The van der Waals surface area contributed by atoms with Gasteiger partial charge in [-0.2, -0.15) is 0 Å². The Kier molecular flexibility index (Phi) is 3.26. The molecule has 0 saturated carbocycles. The summed E-state index contributed by atoms with van der Waals surface area (Å²) in [4.78, 5) is 17.9. The van der Waals surface area contributed by atoms with Gasteiger partial charge in [0, 0.05) is 5.54 Å². The van der Waals surface area contributed by atoms with Crippen molar-refractivity contribution in [2.45, 2.75) is 32.4 Å².